The predicted octanol–water partition coefficient (Wildman–Crippen LogP) is 2.48. The van der Waals surface area contributed by atoms with E-state index in [1.54, 1.807) is 12.1 Å². The highest BCUT2D eigenvalue weighted by Gasteiger charge is 2.26. The van der Waals surface area contributed by atoms with Gasteiger partial charge in [0.15, 0.2) is 0 Å². The fourth-order valence-electron chi connectivity index (χ4n) is 2.86. The SMILES string of the molecule is CNC1CCCC1CCS(=O)c1ccc([N+](=O)[O-])cc1. The zero-order chi connectivity index (χ0) is 14.5. The predicted molar refractivity (Wildman–Crippen MR) is 79.2 cm³/mol. The number of benzene rings is 1. The molecular formula is C14H20N2O3S. The van der Waals surface area contributed by atoms with Crippen LogP contribution in [0.5, 0.6) is 0 Å². The molecule has 0 saturated heterocycles. The molecule has 0 amide bonds. The minimum atomic E-state index is -1.07. The molecule has 0 aromatic heterocycles. The van der Waals surface area contributed by atoms with Crippen molar-refractivity contribution in [2.45, 2.75) is 36.6 Å². The van der Waals surface area contributed by atoms with Gasteiger partial charge in [0.1, 0.15) is 0 Å². The summed E-state index contributed by atoms with van der Waals surface area (Å²) in [5, 5.41) is 13.9. The molecule has 1 N–H and O–H groups in total. The van der Waals surface area contributed by atoms with E-state index in [0.29, 0.717) is 22.6 Å². The molecule has 0 spiro atoms. The Kier molecular flexibility index (Phi) is 5.25. The highest BCUT2D eigenvalue weighted by atomic mass is 32.2. The number of non-ortho nitro benzene ring substituents is 1. The van der Waals surface area contributed by atoms with Gasteiger partial charge in [0, 0.05) is 28.8 Å². The fourth-order valence-corrected chi connectivity index (χ4v) is 4.05. The molecule has 20 heavy (non-hydrogen) atoms. The van der Waals surface area contributed by atoms with Crippen LogP contribution < -0.4 is 5.32 Å². The summed E-state index contributed by atoms with van der Waals surface area (Å²) in [7, 11) is 0.914. The summed E-state index contributed by atoms with van der Waals surface area (Å²) < 4.78 is 12.2. The number of nitrogens with zero attached hydrogens (tertiary/aromatic N) is 1. The Bertz CT molecular complexity index is 490. The Morgan fingerprint density at radius 2 is 2.05 bits per heavy atom. The molecule has 5 nitrogen and oxygen atoms in total. The summed E-state index contributed by atoms with van der Waals surface area (Å²) in [5.41, 5.74) is 0.0387. The van der Waals surface area contributed by atoms with Crippen LogP contribution in [0.3, 0.4) is 0 Å². The minimum Gasteiger partial charge on any atom is -0.317 e. The molecule has 0 aliphatic heterocycles. The summed E-state index contributed by atoms with van der Waals surface area (Å²) in [5.74, 6) is 1.22. The Morgan fingerprint density at radius 3 is 2.65 bits per heavy atom. The summed E-state index contributed by atoms with van der Waals surface area (Å²) in [6.45, 7) is 0. The minimum absolute atomic E-state index is 0.0387. The molecule has 0 bridgehead atoms. The summed E-state index contributed by atoms with van der Waals surface area (Å²) in [4.78, 5) is 10.8. The first kappa shape index (κ1) is 15.1. The maximum absolute atomic E-state index is 12.2. The first-order valence-corrected chi connectivity index (χ1v) is 8.24. The van der Waals surface area contributed by atoms with Gasteiger partial charge in [-0.1, -0.05) is 6.42 Å². The van der Waals surface area contributed by atoms with Gasteiger partial charge in [0.2, 0.25) is 0 Å². The lowest BCUT2D eigenvalue weighted by Gasteiger charge is -2.18. The monoisotopic (exact) mass is 296 g/mol. The van der Waals surface area contributed by atoms with Crippen LogP contribution in [-0.4, -0.2) is 28.0 Å². The molecule has 1 aliphatic rings. The maximum atomic E-state index is 12.2. The van der Waals surface area contributed by atoms with Gasteiger partial charge in [-0.3, -0.25) is 14.3 Å². The van der Waals surface area contributed by atoms with Crippen LogP contribution in [0.25, 0.3) is 0 Å². The van der Waals surface area contributed by atoms with Crippen molar-refractivity contribution in [1.82, 2.24) is 5.32 Å². The van der Waals surface area contributed by atoms with Crippen molar-refractivity contribution in [2.24, 2.45) is 5.92 Å². The van der Waals surface area contributed by atoms with Crippen molar-refractivity contribution in [1.29, 1.82) is 0 Å². The standard InChI is InChI=1S/C14H20N2O3S/c1-15-14-4-2-3-11(14)9-10-20(19)13-7-5-12(6-8-13)16(17)18/h5-8,11,14-15H,2-4,9-10H2,1H3. The molecule has 1 saturated carbocycles. The van der Waals surface area contributed by atoms with Crippen LogP contribution >= 0.6 is 0 Å². The second kappa shape index (κ2) is 6.95. The molecule has 2 rings (SSSR count). The van der Waals surface area contributed by atoms with Crippen molar-refractivity contribution >= 4 is 16.5 Å². The van der Waals surface area contributed by atoms with Gasteiger partial charge in [-0.05, 0) is 44.4 Å². The van der Waals surface area contributed by atoms with E-state index in [2.05, 4.69) is 5.32 Å². The van der Waals surface area contributed by atoms with E-state index in [-0.39, 0.29) is 5.69 Å². The first-order chi connectivity index (χ1) is 9.61. The van der Waals surface area contributed by atoms with Gasteiger partial charge in [-0.15, -0.1) is 0 Å². The van der Waals surface area contributed by atoms with E-state index < -0.39 is 15.7 Å². The number of nitro groups is 1. The Balaban J connectivity index is 1.90. The molecule has 110 valence electrons. The number of nitro benzene ring substituents is 1. The molecule has 6 heteroatoms. The Hall–Kier alpha value is -1.27. The second-order valence-corrected chi connectivity index (χ2v) is 6.75. The topological polar surface area (TPSA) is 72.2 Å². The smallest absolute Gasteiger partial charge is 0.269 e. The number of hydrogen-bond donors (Lipinski definition) is 1. The van der Waals surface area contributed by atoms with Crippen LogP contribution in [0.1, 0.15) is 25.7 Å². The molecule has 0 heterocycles. The third kappa shape index (κ3) is 3.64. The fraction of sp³-hybridized carbons (Fsp3) is 0.571. The number of nitrogens with one attached hydrogen (secondary N) is 1. The molecule has 1 fully saturated rings. The van der Waals surface area contributed by atoms with Crippen LogP contribution in [0.4, 0.5) is 5.69 Å². The first-order valence-electron chi connectivity index (χ1n) is 6.92. The van der Waals surface area contributed by atoms with Crippen molar-refractivity contribution in [3.8, 4) is 0 Å². The molecule has 3 atom stereocenters. The average Bonchev–Trinajstić information content (AvgIpc) is 2.92. The van der Waals surface area contributed by atoms with Gasteiger partial charge in [-0.2, -0.15) is 0 Å². The summed E-state index contributed by atoms with van der Waals surface area (Å²) >= 11 is 0. The lowest BCUT2D eigenvalue weighted by atomic mass is 10.0. The highest BCUT2D eigenvalue weighted by Crippen LogP contribution is 2.28. The molecule has 1 aromatic carbocycles. The molecule has 0 radical (unpaired) electrons. The van der Waals surface area contributed by atoms with Crippen molar-refractivity contribution < 1.29 is 9.13 Å². The molecular weight excluding hydrogens is 276 g/mol. The van der Waals surface area contributed by atoms with Gasteiger partial charge in [0.05, 0.1) is 15.7 Å². The molecule has 1 aromatic rings. The van der Waals surface area contributed by atoms with Gasteiger partial charge < -0.3 is 5.32 Å². The van der Waals surface area contributed by atoms with Gasteiger partial charge >= 0.3 is 0 Å². The normalized spacial score (nSPS) is 23.6. The molecule has 3 unspecified atom stereocenters. The van der Waals surface area contributed by atoms with Crippen LogP contribution in [-0.2, 0) is 10.8 Å². The van der Waals surface area contributed by atoms with E-state index in [1.165, 1.54) is 31.4 Å². The van der Waals surface area contributed by atoms with Gasteiger partial charge in [-0.25, -0.2) is 0 Å². The number of hydrogen-bond acceptors (Lipinski definition) is 4. The van der Waals surface area contributed by atoms with E-state index >= 15 is 0 Å². The van der Waals surface area contributed by atoms with E-state index in [0.717, 1.165) is 6.42 Å². The van der Waals surface area contributed by atoms with Crippen molar-refractivity contribution in [2.75, 3.05) is 12.8 Å². The highest BCUT2D eigenvalue weighted by molar-refractivity contribution is 7.85. The second-order valence-electron chi connectivity index (χ2n) is 5.18. The number of rotatable bonds is 6. The lowest BCUT2D eigenvalue weighted by molar-refractivity contribution is -0.384. The van der Waals surface area contributed by atoms with E-state index in [9.17, 15) is 14.3 Å². The van der Waals surface area contributed by atoms with Crippen molar-refractivity contribution in [3.05, 3.63) is 34.4 Å². The Morgan fingerprint density at radius 1 is 1.35 bits per heavy atom. The van der Waals surface area contributed by atoms with Gasteiger partial charge in [0.25, 0.3) is 5.69 Å². The van der Waals surface area contributed by atoms with Crippen LogP contribution in [0, 0.1) is 16.0 Å². The van der Waals surface area contributed by atoms with Crippen molar-refractivity contribution in [3.63, 3.8) is 0 Å². The largest absolute Gasteiger partial charge is 0.317 e. The summed E-state index contributed by atoms with van der Waals surface area (Å²) in [6.07, 6.45) is 4.57. The van der Waals surface area contributed by atoms with Crippen LogP contribution in [0.2, 0.25) is 0 Å². The molecule has 1 aliphatic carbocycles. The lowest BCUT2D eigenvalue weighted by Crippen LogP contribution is -2.29. The van der Waals surface area contributed by atoms with Crippen LogP contribution in [0.15, 0.2) is 29.2 Å². The third-order valence-electron chi connectivity index (χ3n) is 4.01. The summed E-state index contributed by atoms with van der Waals surface area (Å²) in [6, 6.07) is 6.57. The average molecular weight is 296 g/mol. The maximum Gasteiger partial charge on any atom is 0.269 e. The Labute approximate surface area is 121 Å². The van der Waals surface area contributed by atoms with E-state index in [4.69, 9.17) is 0 Å². The quantitative estimate of drug-likeness (QED) is 0.646. The zero-order valence-corrected chi connectivity index (χ0v) is 12.4. The van der Waals surface area contributed by atoms with E-state index in [1.807, 2.05) is 7.05 Å². The third-order valence-corrected chi connectivity index (χ3v) is 5.42. The zero-order valence-electron chi connectivity index (χ0n) is 11.6.